The maximum atomic E-state index is 12.0. The van der Waals surface area contributed by atoms with Gasteiger partial charge in [-0.1, -0.05) is 28.1 Å². The smallest absolute Gasteiger partial charge is 0.218 e. The first kappa shape index (κ1) is 13.0. The third-order valence-electron chi connectivity index (χ3n) is 3.02. The van der Waals surface area contributed by atoms with Gasteiger partial charge in [0, 0.05) is 24.1 Å². The number of hydrogen-bond donors (Lipinski definition) is 1. The normalized spacial score (nSPS) is 24.0. The molecule has 0 aromatic heterocycles. The molecule has 1 saturated heterocycles. The first-order valence-corrected chi connectivity index (χ1v) is 7.77. The molecule has 1 fully saturated rings. The van der Waals surface area contributed by atoms with Crippen LogP contribution in [0.25, 0.3) is 0 Å². The summed E-state index contributed by atoms with van der Waals surface area (Å²) in [7, 11) is -3.19. The highest BCUT2D eigenvalue weighted by molar-refractivity contribution is 9.10. The molecule has 2 rings (SSSR count). The van der Waals surface area contributed by atoms with Crippen molar-refractivity contribution in [2.75, 3.05) is 13.1 Å². The quantitative estimate of drug-likeness (QED) is 0.914. The Morgan fingerprint density at radius 3 is 2.53 bits per heavy atom. The third-order valence-corrected chi connectivity index (χ3v) is 5.85. The van der Waals surface area contributed by atoms with Gasteiger partial charge < -0.3 is 5.73 Å². The Bertz CT molecular complexity index is 487. The van der Waals surface area contributed by atoms with Crippen LogP contribution in [0.1, 0.15) is 12.0 Å². The van der Waals surface area contributed by atoms with Crippen LogP contribution in [0.5, 0.6) is 0 Å². The highest BCUT2D eigenvalue weighted by Crippen LogP contribution is 2.23. The van der Waals surface area contributed by atoms with Crippen molar-refractivity contribution in [1.82, 2.24) is 4.31 Å². The summed E-state index contributed by atoms with van der Waals surface area (Å²) >= 11 is 3.35. The van der Waals surface area contributed by atoms with Crippen LogP contribution in [0.4, 0.5) is 0 Å². The van der Waals surface area contributed by atoms with Gasteiger partial charge in [-0.25, -0.2) is 8.42 Å². The van der Waals surface area contributed by atoms with E-state index in [1.165, 1.54) is 4.31 Å². The first-order valence-electron chi connectivity index (χ1n) is 5.47. The van der Waals surface area contributed by atoms with Crippen LogP contribution in [-0.4, -0.2) is 31.1 Å². The molecule has 6 heteroatoms. The summed E-state index contributed by atoms with van der Waals surface area (Å²) in [4.78, 5) is 0. The Hall–Kier alpha value is -0.430. The predicted molar refractivity (Wildman–Crippen MR) is 70.9 cm³/mol. The van der Waals surface area contributed by atoms with Gasteiger partial charge in [0.25, 0.3) is 0 Å². The number of rotatable bonds is 3. The zero-order valence-corrected chi connectivity index (χ0v) is 11.7. The van der Waals surface area contributed by atoms with Crippen LogP contribution in [0.15, 0.2) is 28.7 Å². The lowest BCUT2D eigenvalue weighted by atomic mass is 10.2. The summed E-state index contributed by atoms with van der Waals surface area (Å²) in [5.41, 5.74) is 6.47. The van der Waals surface area contributed by atoms with Crippen LogP contribution in [-0.2, 0) is 16.6 Å². The molecule has 17 heavy (non-hydrogen) atoms. The Morgan fingerprint density at radius 2 is 2.00 bits per heavy atom. The van der Waals surface area contributed by atoms with Crippen molar-refractivity contribution >= 4 is 26.0 Å². The molecule has 1 atom stereocenters. The molecule has 0 saturated carbocycles. The van der Waals surface area contributed by atoms with E-state index in [1.54, 1.807) is 0 Å². The van der Waals surface area contributed by atoms with Crippen LogP contribution in [0.2, 0.25) is 0 Å². The molecule has 0 unspecified atom stereocenters. The summed E-state index contributed by atoms with van der Waals surface area (Å²) < 4.78 is 26.6. The molecule has 1 heterocycles. The Morgan fingerprint density at radius 1 is 1.35 bits per heavy atom. The van der Waals surface area contributed by atoms with Crippen molar-refractivity contribution in [3.8, 4) is 0 Å². The summed E-state index contributed by atoms with van der Waals surface area (Å²) in [6, 6.07) is 7.68. The van der Waals surface area contributed by atoms with E-state index < -0.39 is 15.3 Å². The van der Waals surface area contributed by atoms with Gasteiger partial charge >= 0.3 is 0 Å². The summed E-state index contributed by atoms with van der Waals surface area (Å²) in [6.45, 7) is 1.21. The van der Waals surface area contributed by atoms with Gasteiger partial charge in [-0.2, -0.15) is 4.31 Å². The number of benzene rings is 1. The molecule has 1 aromatic rings. The van der Waals surface area contributed by atoms with Crippen LogP contribution >= 0.6 is 15.9 Å². The minimum absolute atomic E-state index is 0.208. The first-order chi connectivity index (χ1) is 8.04. The van der Waals surface area contributed by atoms with E-state index in [1.807, 2.05) is 24.3 Å². The summed E-state index contributed by atoms with van der Waals surface area (Å²) in [5, 5.41) is -0.405. The average Bonchev–Trinajstić information content (AvgIpc) is 2.57. The SMILES string of the molecule is NC[C@H]1CCN(Cc2ccc(Br)cc2)S1(=O)=O. The van der Waals surface area contributed by atoms with Gasteiger partial charge in [-0.3, -0.25) is 0 Å². The molecule has 94 valence electrons. The number of halogens is 1. The number of hydrogen-bond acceptors (Lipinski definition) is 3. The predicted octanol–water partition coefficient (Wildman–Crippen LogP) is 1.31. The van der Waals surface area contributed by atoms with E-state index in [2.05, 4.69) is 15.9 Å². The molecule has 0 bridgehead atoms. The lowest BCUT2D eigenvalue weighted by Crippen LogP contribution is -2.32. The van der Waals surface area contributed by atoms with Crippen LogP contribution < -0.4 is 5.73 Å². The van der Waals surface area contributed by atoms with E-state index in [4.69, 9.17) is 5.73 Å². The van der Waals surface area contributed by atoms with Crippen molar-refractivity contribution in [3.63, 3.8) is 0 Å². The van der Waals surface area contributed by atoms with Crippen molar-refractivity contribution in [3.05, 3.63) is 34.3 Å². The van der Waals surface area contributed by atoms with E-state index in [-0.39, 0.29) is 6.54 Å². The molecule has 0 spiro atoms. The maximum absolute atomic E-state index is 12.0. The van der Waals surface area contributed by atoms with Crippen molar-refractivity contribution < 1.29 is 8.42 Å². The fourth-order valence-electron chi connectivity index (χ4n) is 1.98. The average molecular weight is 319 g/mol. The Kier molecular flexibility index (Phi) is 3.87. The minimum Gasteiger partial charge on any atom is -0.329 e. The van der Waals surface area contributed by atoms with Gasteiger partial charge in [0.15, 0.2) is 0 Å². The molecule has 4 nitrogen and oxygen atoms in total. The van der Waals surface area contributed by atoms with Crippen molar-refractivity contribution in [2.24, 2.45) is 5.73 Å². The van der Waals surface area contributed by atoms with Crippen molar-refractivity contribution in [2.45, 2.75) is 18.2 Å². The van der Waals surface area contributed by atoms with Gasteiger partial charge in [-0.05, 0) is 24.1 Å². The van der Waals surface area contributed by atoms with Gasteiger partial charge in [-0.15, -0.1) is 0 Å². The van der Waals surface area contributed by atoms with E-state index in [0.717, 1.165) is 10.0 Å². The Labute approximate surface area is 110 Å². The standard InChI is InChI=1S/C11H15BrN2O2S/c12-10-3-1-9(2-4-10)8-14-6-5-11(7-13)17(14,15)16/h1-4,11H,5-8,13H2/t11-/m1/s1. The lowest BCUT2D eigenvalue weighted by Gasteiger charge is -2.16. The molecule has 1 aliphatic heterocycles. The summed E-state index contributed by atoms with van der Waals surface area (Å²) in [5.74, 6) is 0. The fraction of sp³-hybridized carbons (Fsp3) is 0.455. The second-order valence-corrected chi connectivity index (χ2v) is 7.28. The van der Waals surface area contributed by atoms with Gasteiger partial charge in [0.2, 0.25) is 10.0 Å². The zero-order chi connectivity index (χ0) is 12.5. The van der Waals surface area contributed by atoms with E-state index in [0.29, 0.717) is 19.5 Å². The second kappa shape index (κ2) is 5.06. The number of nitrogens with two attached hydrogens (primary N) is 1. The maximum Gasteiger partial charge on any atom is 0.218 e. The molecule has 0 amide bonds. The van der Waals surface area contributed by atoms with Crippen LogP contribution in [0.3, 0.4) is 0 Å². The Balaban J connectivity index is 2.13. The third kappa shape index (κ3) is 2.70. The van der Waals surface area contributed by atoms with Crippen molar-refractivity contribution in [1.29, 1.82) is 0 Å². The summed E-state index contributed by atoms with van der Waals surface area (Å²) in [6.07, 6.45) is 0.634. The van der Waals surface area contributed by atoms with Crippen LogP contribution in [0, 0.1) is 0 Å². The molecule has 1 aliphatic rings. The fourth-order valence-corrected chi connectivity index (χ4v) is 4.00. The minimum atomic E-state index is -3.19. The molecular formula is C11H15BrN2O2S. The molecule has 1 aromatic carbocycles. The molecule has 2 N–H and O–H groups in total. The number of sulfonamides is 1. The largest absolute Gasteiger partial charge is 0.329 e. The second-order valence-electron chi connectivity index (χ2n) is 4.15. The topological polar surface area (TPSA) is 63.4 Å². The van der Waals surface area contributed by atoms with E-state index in [9.17, 15) is 8.42 Å². The van der Waals surface area contributed by atoms with E-state index >= 15 is 0 Å². The monoisotopic (exact) mass is 318 g/mol. The highest BCUT2D eigenvalue weighted by Gasteiger charge is 2.37. The zero-order valence-electron chi connectivity index (χ0n) is 9.34. The van der Waals surface area contributed by atoms with Gasteiger partial charge in [0.1, 0.15) is 0 Å². The molecular weight excluding hydrogens is 304 g/mol. The highest BCUT2D eigenvalue weighted by atomic mass is 79.9. The molecule has 0 radical (unpaired) electrons. The van der Waals surface area contributed by atoms with Gasteiger partial charge in [0.05, 0.1) is 5.25 Å². The number of nitrogens with zero attached hydrogens (tertiary/aromatic N) is 1. The lowest BCUT2D eigenvalue weighted by molar-refractivity contribution is 0.439. The molecule has 0 aliphatic carbocycles.